The molecule has 5 nitrogen and oxygen atoms in total. The number of aromatic carboxylic acids is 1. The van der Waals surface area contributed by atoms with Gasteiger partial charge in [0.2, 0.25) is 0 Å². The summed E-state index contributed by atoms with van der Waals surface area (Å²) in [5.41, 5.74) is 5.30. The van der Waals surface area contributed by atoms with Gasteiger partial charge in [0, 0.05) is 10.2 Å². The SMILES string of the molecule is Nc1cc(Br)ccc1C(=O)Nc1c(F)cccc1C(=O)O. The van der Waals surface area contributed by atoms with E-state index in [9.17, 15) is 14.0 Å². The summed E-state index contributed by atoms with van der Waals surface area (Å²) in [7, 11) is 0. The lowest BCUT2D eigenvalue weighted by Gasteiger charge is -2.11. The number of anilines is 2. The van der Waals surface area contributed by atoms with Crippen molar-refractivity contribution in [3.8, 4) is 0 Å². The first kappa shape index (κ1) is 15.0. The summed E-state index contributed by atoms with van der Waals surface area (Å²) in [5, 5.41) is 11.3. The lowest BCUT2D eigenvalue weighted by atomic mass is 10.1. The van der Waals surface area contributed by atoms with Crippen LogP contribution in [0.15, 0.2) is 40.9 Å². The summed E-state index contributed by atoms with van der Waals surface area (Å²) in [5.74, 6) is -2.86. The number of carbonyl (C=O) groups is 2. The molecule has 0 aliphatic rings. The number of halogens is 2. The third-order valence-electron chi connectivity index (χ3n) is 2.74. The van der Waals surface area contributed by atoms with E-state index in [1.807, 2.05) is 0 Å². The fourth-order valence-electron chi connectivity index (χ4n) is 1.75. The van der Waals surface area contributed by atoms with Crippen LogP contribution in [0.2, 0.25) is 0 Å². The molecular formula is C14H10BrFN2O3. The Balaban J connectivity index is 2.38. The minimum absolute atomic E-state index is 0.123. The fraction of sp³-hybridized carbons (Fsp3) is 0. The molecule has 1 amide bonds. The molecule has 0 bridgehead atoms. The van der Waals surface area contributed by atoms with Crippen LogP contribution in [0, 0.1) is 5.82 Å². The number of para-hydroxylation sites is 1. The number of carboxylic acids is 1. The predicted molar refractivity (Wildman–Crippen MR) is 79.9 cm³/mol. The Kier molecular flexibility index (Phi) is 4.23. The van der Waals surface area contributed by atoms with Gasteiger partial charge in [0.1, 0.15) is 5.82 Å². The van der Waals surface area contributed by atoms with Crippen molar-refractivity contribution in [1.29, 1.82) is 0 Å². The van der Waals surface area contributed by atoms with E-state index in [4.69, 9.17) is 10.8 Å². The number of amides is 1. The van der Waals surface area contributed by atoms with Gasteiger partial charge in [-0.05, 0) is 30.3 Å². The molecule has 0 saturated heterocycles. The third kappa shape index (κ3) is 3.19. The maximum atomic E-state index is 13.7. The lowest BCUT2D eigenvalue weighted by molar-refractivity contribution is 0.0697. The quantitative estimate of drug-likeness (QED) is 0.740. The molecule has 0 radical (unpaired) electrons. The standard InChI is InChI=1S/C14H10BrFN2O3/c15-7-4-5-8(11(17)6-7)13(19)18-12-9(14(20)21)2-1-3-10(12)16/h1-6H,17H2,(H,18,19)(H,20,21). The van der Waals surface area contributed by atoms with Gasteiger partial charge in [-0.25, -0.2) is 9.18 Å². The van der Waals surface area contributed by atoms with Crippen molar-refractivity contribution < 1.29 is 19.1 Å². The molecule has 21 heavy (non-hydrogen) atoms. The van der Waals surface area contributed by atoms with Crippen molar-refractivity contribution in [2.75, 3.05) is 11.1 Å². The zero-order chi connectivity index (χ0) is 15.6. The van der Waals surface area contributed by atoms with E-state index in [0.29, 0.717) is 4.47 Å². The van der Waals surface area contributed by atoms with Crippen molar-refractivity contribution in [2.45, 2.75) is 0 Å². The summed E-state index contributed by atoms with van der Waals surface area (Å²) in [4.78, 5) is 23.2. The minimum Gasteiger partial charge on any atom is -0.478 e. The van der Waals surface area contributed by atoms with Gasteiger partial charge >= 0.3 is 5.97 Å². The Labute approximate surface area is 127 Å². The Morgan fingerprint density at radius 3 is 2.52 bits per heavy atom. The van der Waals surface area contributed by atoms with Gasteiger partial charge in [0.25, 0.3) is 5.91 Å². The molecule has 0 unspecified atom stereocenters. The van der Waals surface area contributed by atoms with E-state index < -0.39 is 23.4 Å². The summed E-state index contributed by atoms with van der Waals surface area (Å²) >= 11 is 3.21. The van der Waals surface area contributed by atoms with Gasteiger partial charge in [-0.3, -0.25) is 4.79 Å². The summed E-state index contributed by atoms with van der Waals surface area (Å²) in [6.07, 6.45) is 0. The average molecular weight is 353 g/mol. The smallest absolute Gasteiger partial charge is 0.337 e. The first-order valence-electron chi connectivity index (χ1n) is 5.78. The minimum atomic E-state index is -1.34. The van der Waals surface area contributed by atoms with Crippen LogP contribution in [0.3, 0.4) is 0 Å². The molecule has 0 saturated carbocycles. The molecule has 0 spiro atoms. The van der Waals surface area contributed by atoms with Gasteiger partial charge in [-0.15, -0.1) is 0 Å². The van der Waals surface area contributed by atoms with Crippen LogP contribution in [0.1, 0.15) is 20.7 Å². The zero-order valence-corrected chi connectivity index (χ0v) is 12.1. The maximum absolute atomic E-state index is 13.7. The topological polar surface area (TPSA) is 92.4 Å². The Morgan fingerprint density at radius 1 is 1.19 bits per heavy atom. The fourth-order valence-corrected chi connectivity index (χ4v) is 2.13. The molecule has 0 aliphatic heterocycles. The van der Waals surface area contributed by atoms with E-state index in [1.165, 1.54) is 24.3 Å². The molecular weight excluding hydrogens is 343 g/mol. The van der Waals surface area contributed by atoms with Gasteiger partial charge < -0.3 is 16.2 Å². The molecule has 7 heteroatoms. The highest BCUT2D eigenvalue weighted by atomic mass is 79.9. The highest BCUT2D eigenvalue weighted by Gasteiger charge is 2.18. The molecule has 2 aromatic carbocycles. The number of hydrogen-bond acceptors (Lipinski definition) is 3. The van der Waals surface area contributed by atoms with Gasteiger partial charge in [-0.1, -0.05) is 22.0 Å². The normalized spacial score (nSPS) is 10.2. The first-order chi connectivity index (χ1) is 9.90. The van der Waals surface area contributed by atoms with E-state index in [1.54, 1.807) is 6.07 Å². The number of rotatable bonds is 3. The Bertz CT molecular complexity index is 734. The number of nitrogen functional groups attached to an aromatic ring is 1. The maximum Gasteiger partial charge on any atom is 0.337 e. The van der Waals surface area contributed by atoms with Crippen LogP contribution in [0.25, 0.3) is 0 Å². The van der Waals surface area contributed by atoms with Gasteiger partial charge in [0.05, 0.1) is 16.8 Å². The average Bonchev–Trinajstić information content (AvgIpc) is 2.40. The van der Waals surface area contributed by atoms with E-state index in [2.05, 4.69) is 21.2 Å². The lowest BCUT2D eigenvalue weighted by Crippen LogP contribution is -2.17. The van der Waals surface area contributed by atoms with Crippen molar-refractivity contribution in [2.24, 2.45) is 0 Å². The van der Waals surface area contributed by atoms with Crippen LogP contribution in [-0.4, -0.2) is 17.0 Å². The monoisotopic (exact) mass is 352 g/mol. The van der Waals surface area contributed by atoms with Gasteiger partial charge in [0.15, 0.2) is 0 Å². The molecule has 4 N–H and O–H groups in total. The van der Waals surface area contributed by atoms with Crippen molar-refractivity contribution in [3.05, 3.63) is 57.8 Å². The number of hydrogen-bond donors (Lipinski definition) is 3. The number of nitrogens with one attached hydrogen (secondary N) is 1. The number of carboxylic acid groups (broad SMARTS) is 1. The van der Waals surface area contributed by atoms with Crippen LogP contribution < -0.4 is 11.1 Å². The Morgan fingerprint density at radius 2 is 1.90 bits per heavy atom. The van der Waals surface area contributed by atoms with E-state index in [0.717, 1.165) is 6.07 Å². The highest BCUT2D eigenvalue weighted by Crippen LogP contribution is 2.23. The largest absolute Gasteiger partial charge is 0.478 e. The summed E-state index contributed by atoms with van der Waals surface area (Å²) < 4.78 is 14.4. The second-order valence-corrected chi connectivity index (χ2v) is 5.07. The molecule has 0 aliphatic carbocycles. The number of nitrogens with two attached hydrogens (primary N) is 1. The molecule has 0 heterocycles. The van der Waals surface area contributed by atoms with E-state index in [-0.39, 0.29) is 16.8 Å². The van der Waals surface area contributed by atoms with Crippen molar-refractivity contribution in [3.63, 3.8) is 0 Å². The third-order valence-corrected chi connectivity index (χ3v) is 3.23. The van der Waals surface area contributed by atoms with Crippen LogP contribution >= 0.6 is 15.9 Å². The van der Waals surface area contributed by atoms with Crippen molar-refractivity contribution in [1.82, 2.24) is 0 Å². The number of benzene rings is 2. The molecule has 0 aromatic heterocycles. The van der Waals surface area contributed by atoms with Crippen LogP contribution in [0.4, 0.5) is 15.8 Å². The Hall–Kier alpha value is -2.41. The molecule has 2 aromatic rings. The zero-order valence-electron chi connectivity index (χ0n) is 10.6. The summed E-state index contributed by atoms with van der Waals surface area (Å²) in [6.45, 7) is 0. The van der Waals surface area contributed by atoms with Crippen LogP contribution in [0.5, 0.6) is 0 Å². The van der Waals surface area contributed by atoms with E-state index >= 15 is 0 Å². The molecule has 2 rings (SSSR count). The predicted octanol–water partition coefficient (Wildman–Crippen LogP) is 3.12. The second kappa shape index (κ2) is 5.92. The second-order valence-electron chi connectivity index (χ2n) is 4.15. The first-order valence-corrected chi connectivity index (χ1v) is 6.57. The van der Waals surface area contributed by atoms with Gasteiger partial charge in [-0.2, -0.15) is 0 Å². The molecule has 0 atom stereocenters. The highest BCUT2D eigenvalue weighted by molar-refractivity contribution is 9.10. The molecule has 108 valence electrons. The molecule has 0 fully saturated rings. The van der Waals surface area contributed by atoms with Crippen LogP contribution in [-0.2, 0) is 0 Å². The number of carbonyl (C=O) groups excluding carboxylic acids is 1. The van der Waals surface area contributed by atoms with Crippen molar-refractivity contribution >= 4 is 39.2 Å². The summed E-state index contributed by atoms with van der Waals surface area (Å²) in [6, 6.07) is 8.09.